The third kappa shape index (κ3) is 1.81. The molecular formula is C20H16S2Si. The normalized spacial score (nSPS) is 15.6. The van der Waals surface area contributed by atoms with Crippen LogP contribution in [0.5, 0.6) is 0 Å². The molecule has 0 saturated heterocycles. The summed E-state index contributed by atoms with van der Waals surface area (Å²) in [6, 6.07) is 17.8. The minimum atomic E-state index is -1.75. The first kappa shape index (κ1) is 13.7. The van der Waals surface area contributed by atoms with E-state index >= 15 is 0 Å². The lowest BCUT2D eigenvalue weighted by Crippen LogP contribution is -2.53. The maximum atomic E-state index is 2.52. The summed E-state index contributed by atoms with van der Waals surface area (Å²) in [5.74, 6) is 0. The van der Waals surface area contributed by atoms with Gasteiger partial charge in [-0.05, 0) is 45.4 Å². The molecule has 23 heavy (non-hydrogen) atoms. The highest BCUT2D eigenvalue weighted by atomic mass is 32.1. The average molecular weight is 349 g/mol. The largest absolute Gasteiger partial charge is 0.136 e. The van der Waals surface area contributed by atoms with E-state index in [0.717, 1.165) is 0 Å². The second-order valence-corrected chi connectivity index (χ2v) is 13.1. The summed E-state index contributed by atoms with van der Waals surface area (Å²) in [5.41, 5.74) is 0. The van der Waals surface area contributed by atoms with Crippen LogP contribution in [0.2, 0.25) is 13.1 Å². The van der Waals surface area contributed by atoms with Gasteiger partial charge in [-0.2, -0.15) is 0 Å². The number of benzene rings is 2. The lowest BCUT2D eigenvalue weighted by Gasteiger charge is -2.23. The predicted molar refractivity (Wildman–Crippen MR) is 109 cm³/mol. The van der Waals surface area contributed by atoms with Gasteiger partial charge in [0.15, 0.2) is 0 Å². The fourth-order valence-corrected chi connectivity index (χ4v) is 11.4. The molecule has 0 N–H and O–H groups in total. The Kier molecular flexibility index (Phi) is 2.78. The molecule has 0 bridgehead atoms. The van der Waals surface area contributed by atoms with Crippen molar-refractivity contribution in [3.63, 3.8) is 0 Å². The fraction of sp³-hybridized carbons (Fsp3) is 0.100. The molecule has 0 nitrogen and oxygen atoms in total. The van der Waals surface area contributed by atoms with Crippen LogP contribution in [-0.4, -0.2) is 8.07 Å². The van der Waals surface area contributed by atoms with Crippen molar-refractivity contribution in [2.75, 3.05) is 0 Å². The maximum Gasteiger partial charge on any atom is 0.117 e. The number of hydrogen-bond acceptors (Lipinski definition) is 2. The molecule has 0 amide bonds. The van der Waals surface area contributed by atoms with E-state index in [1.807, 2.05) is 22.7 Å². The highest BCUT2D eigenvalue weighted by Gasteiger charge is 2.36. The molecule has 2 aromatic carbocycles. The molecule has 1 aliphatic heterocycles. The van der Waals surface area contributed by atoms with E-state index in [9.17, 15) is 0 Å². The van der Waals surface area contributed by atoms with Crippen molar-refractivity contribution in [2.45, 2.75) is 13.1 Å². The Balaban J connectivity index is 1.94. The highest BCUT2D eigenvalue weighted by Crippen LogP contribution is 2.35. The van der Waals surface area contributed by atoms with Gasteiger partial charge < -0.3 is 0 Å². The zero-order chi connectivity index (χ0) is 15.6. The minimum absolute atomic E-state index is 1.42. The number of hydrogen-bond donors (Lipinski definition) is 0. The van der Waals surface area contributed by atoms with E-state index in [-0.39, 0.29) is 0 Å². The maximum absolute atomic E-state index is 2.52. The van der Waals surface area contributed by atoms with Gasteiger partial charge in [0.25, 0.3) is 0 Å². The zero-order valence-corrected chi connectivity index (χ0v) is 15.7. The molecule has 4 aromatic rings. The van der Waals surface area contributed by atoms with Crippen LogP contribution in [0, 0.1) is 0 Å². The Morgan fingerprint density at radius 1 is 0.652 bits per heavy atom. The number of rotatable bonds is 0. The molecule has 0 saturated carbocycles. The molecule has 0 spiro atoms. The summed E-state index contributed by atoms with van der Waals surface area (Å²) in [6.07, 6.45) is 4.71. The van der Waals surface area contributed by atoms with Crippen LogP contribution >= 0.6 is 22.7 Å². The van der Waals surface area contributed by atoms with E-state index in [1.165, 1.54) is 29.9 Å². The van der Waals surface area contributed by atoms with Crippen LogP contribution in [0.25, 0.3) is 32.3 Å². The van der Waals surface area contributed by atoms with Crippen LogP contribution < -0.4 is 10.4 Å². The molecule has 112 valence electrons. The lowest BCUT2D eigenvalue weighted by molar-refractivity contribution is 1.80. The molecule has 0 unspecified atom stereocenters. The second-order valence-electron chi connectivity index (χ2n) is 6.63. The topological polar surface area (TPSA) is 0 Å². The van der Waals surface area contributed by atoms with Crippen LogP contribution in [0.3, 0.4) is 0 Å². The van der Waals surface area contributed by atoms with E-state index in [1.54, 1.807) is 10.4 Å². The Morgan fingerprint density at radius 2 is 1.09 bits per heavy atom. The average Bonchev–Trinajstić information content (AvgIpc) is 3.08. The van der Waals surface area contributed by atoms with E-state index in [2.05, 4.69) is 73.8 Å². The summed E-state index contributed by atoms with van der Waals surface area (Å²) < 4.78 is 2.84. The summed E-state index contributed by atoms with van der Waals surface area (Å²) in [7, 11) is -1.75. The first-order chi connectivity index (χ1) is 11.2. The van der Waals surface area contributed by atoms with E-state index < -0.39 is 8.07 Å². The molecule has 0 atom stereocenters. The van der Waals surface area contributed by atoms with Gasteiger partial charge in [-0.15, -0.1) is 22.7 Å². The quantitative estimate of drug-likeness (QED) is 0.372. The van der Waals surface area contributed by atoms with Gasteiger partial charge in [0, 0.05) is 19.2 Å². The van der Waals surface area contributed by atoms with E-state index in [0.29, 0.717) is 0 Å². The Hall–Kier alpha value is -1.68. The number of thiophene rings is 2. The van der Waals surface area contributed by atoms with Crippen LogP contribution in [0.4, 0.5) is 0 Å². The molecule has 1 aliphatic rings. The highest BCUT2D eigenvalue weighted by molar-refractivity contribution is 7.26. The summed E-state index contributed by atoms with van der Waals surface area (Å²) in [5, 5.41) is 6.18. The molecule has 2 aromatic heterocycles. The molecule has 0 radical (unpaired) electrons. The SMILES string of the molecule is C[Si]1(C)c2c(sc3ccccc23)C=Cc2sc3ccccc3c21. The molecule has 0 fully saturated rings. The Bertz CT molecular complexity index is 1010. The van der Waals surface area contributed by atoms with Crippen LogP contribution in [-0.2, 0) is 0 Å². The van der Waals surface area contributed by atoms with Crippen molar-refractivity contribution in [1.82, 2.24) is 0 Å². The predicted octanol–water partition coefficient (Wildman–Crippen LogP) is 5.42. The van der Waals surface area contributed by atoms with Crippen molar-refractivity contribution in [3.05, 3.63) is 58.3 Å². The summed E-state index contributed by atoms with van der Waals surface area (Å²) >= 11 is 3.89. The molecule has 3 heterocycles. The van der Waals surface area contributed by atoms with Gasteiger partial charge in [-0.3, -0.25) is 0 Å². The molecular weight excluding hydrogens is 332 g/mol. The van der Waals surface area contributed by atoms with Crippen molar-refractivity contribution < 1.29 is 0 Å². The van der Waals surface area contributed by atoms with Crippen LogP contribution in [0.1, 0.15) is 9.75 Å². The van der Waals surface area contributed by atoms with Crippen LogP contribution in [0.15, 0.2) is 48.5 Å². The Morgan fingerprint density at radius 3 is 1.57 bits per heavy atom. The van der Waals surface area contributed by atoms with Crippen molar-refractivity contribution in [1.29, 1.82) is 0 Å². The smallest absolute Gasteiger partial charge is 0.117 e. The molecule has 0 aliphatic carbocycles. The lowest BCUT2D eigenvalue weighted by atomic mass is 10.2. The molecule has 5 rings (SSSR count). The minimum Gasteiger partial charge on any atom is -0.136 e. The second kappa shape index (κ2) is 4.66. The van der Waals surface area contributed by atoms with E-state index in [4.69, 9.17) is 0 Å². The molecule has 3 heteroatoms. The first-order valence-electron chi connectivity index (χ1n) is 7.88. The third-order valence-electron chi connectivity index (χ3n) is 4.88. The van der Waals surface area contributed by atoms with Gasteiger partial charge in [-0.1, -0.05) is 49.5 Å². The van der Waals surface area contributed by atoms with Crippen molar-refractivity contribution in [2.24, 2.45) is 0 Å². The van der Waals surface area contributed by atoms with Crippen molar-refractivity contribution in [3.8, 4) is 0 Å². The van der Waals surface area contributed by atoms with Gasteiger partial charge in [0.1, 0.15) is 8.07 Å². The van der Waals surface area contributed by atoms with Crippen molar-refractivity contribution >= 4 is 73.4 Å². The number of fused-ring (bicyclic) bond motifs is 6. The first-order valence-corrected chi connectivity index (χ1v) is 12.5. The third-order valence-corrected chi connectivity index (χ3v) is 11.1. The summed E-state index contributed by atoms with van der Waals surface area (Å²) in [6.45, 7) is 5.05. The van der Waals surface area contributed by atoms with Gasteiger partial charge >= 0.3 is 0 Å². The zero-order valence-electron chi connectivity index (χ0n) is 13.1. The fourth-order valence-electron chi connectivity index (χ4n) is 3.93. The van der Waals surface area contributed by atoms with Gasteiger partial charge in [0.05, 0.1) is 0 Å². The van der Waals surface area contributed by atoms with Gasteiger partial charge in [0.2, 0.25) is 0 Å². The monoisotopic (exact) mass is 348 g/mol. The van der Waals surface area contributed by atoms with Gasteiger partial charge in [-0.25, -0.2) is 0 Å². The standard InChI is InChI=1S/C20H16S2Si/c1-23(2)19-13-7-3-5-9-15(13)21-17(19)11-12-18-20(23)14-8-4-6-10-16(14)22-18/h3-12H,1-2H3. The summed E-state index contributed by atoms with van der Waals surface area (Å²) in [4.78, 5) is 2.94. The Labute approximate surface area is 144 Å².